The molecule has 0 bridgehead atoms. The van der Waals surface area contributed by atoms with Crippen molar-refractivity contribution in [3.63, 3.8) is 0 Å². The number of carbonyl (C=O) groups is 1. The van der Waals surface area contributed by atoms with Crippen LogP contribution in [0.15, 0.2) is 48.5 Å². The summed E-state index contributed by atoms with van der Waals surface area (Å²) in [5.41, 5.74) is 1.61. The van der Waals surface area contributed by atoms with Gasteiger partial charge in [-0.1, -0.05) is 35.9 Å². The van der Waals surface area contributed by atoms with Crippen LogP contribution in [0.2, 0.25) is 5.02 Å². The lowest BCUT2D eigenvalue weighted by molar-refractivity contribution is -0.122. The van der Waals surface area contributed by atoms with E-state index in [-0.39, 0.29) is 18.3 Å². The van der Waals surface area contributed by atoms with Gasteiger partial charge in [0, 0.05) is 12.1 Å². The maximum atomic E-state index is 12.8. The number of hydrogen-bond acceptors (Lipinski definition) is 4. The molecule has 1 N–H and O–H groups in total. The summed E-state index contributed by atoms with van der Waals surface area (Å²) in [7, 11) is 0. The highest BCUT2D eigenvalue weighted by Crippen LogP contribution is 2.23. The van der Waals surface area contributed by atoms with Gasteiger partial charge in [-0.05, 0) is 41.5 Å². The van der Waals surface area contributed by atoms with E-state index in [1.54, 1.807) is 24.3 Å². The normalized spacial score (nSPS) is 10.6. The Morgan fingerprint density at radius 3 is 2.68 bits per heavy atom. The number of rotatable bonds is 6. The fraction of sp³-hybridized carbons (Fsp3) is 0.176. The zero-order valence-electron chi connectivity index (χ0n) is 13.2. The minimum Gasteiger partial charge on any atom is -0.354 e. The van der Waals surface area contributed by atoms with Crippen LogP contribution in [0.5, 0.6) is 0 Å². The van der Waals surface area contributed by atoms with Crippen LogP contribution in [-0.2, 0) is 17.8 Å². The Morgan fingerprint density at radius 1 is 1.16 bits per heavy atom. The topological polar surface area (TPSA) is 72.7 Å². The van der Waals surface area contributed by atoms with E-state index in [4.69, 9.17) is 11.6 Å². The molecular weight excluding hydrogens is 345 g/mol. The molecular formula is C17H15ClFN5O. The highest BCUT2D eigenvalue weighted by molar-refractivity contribution is 6.33. The number of nitrogens with one attached hydrogen (secondary N) is 1. The van der Waals surface area contributed by atoms with Crippen LogP contribution < -0.4 is 5.32 Å². The predicted octanol–water partition coefficient (Wildman–Crippen LogP) is 2.49. The second kappa shape index (κ2) is 7.85. The molecule has 0 atom stereocenters. The van der Waals surface area contributed by atoms with Crippen LogP contribution in [0.4, 0.5) is 4.39 Å². The third kappa shape index (κ3) is 4.60. The largest absolute Gasteiger partial charge is 0.354 e. The maximum Gasteiger partial charge on any atom is 0.243 e. The number of aromatic nitrogens is 4. The van der Waals surface area contributed by atoms with Crippen LogP contribution in [0.3, 0.4) is 0 Å². The molecule has 0 unspecified atom stereocenters. The van der Waals surface area contributed by atoms with E-state index in [1.165, 1.54) is 16.9 Å². The molecule has 0 spiro atoms. The highest BCUT2D eigenvalue weighted by atomic mass is 35.5. The standard InChI is InChI=1S/C17H15ClFN5O/c18-15-4-2-1-3-14(15)17-21-23-24(22-17)11-16(25)20-10-9-12-5-7-13(19)8-6-12/h1-8H,9-11H2,(H,20,25). The van der Waals surface area contributed by atoms with E-state index in [2.05, 4.69) is 20.7 Å². The van der Waals surface area contributed by atoms with Crippen LogP contribution in [-0.4, -0.2) is 32.7 Å². The third-order valence-corrected chi connectivity index (χ3v) is 3.83. The van der Waals surface area contributed by atoms with E-state index < -0.39 is 0 Å². The van der Waals surface area contributed by atoms with E-state index in [0.29, 0.717) is 29.4 Å². The summed E-state index contributed by atoms with van der Waals surface area (Å²) in [4.78, 5) is 13.2. The Kier molecular flexibility index (Phi) is 5.35. The minimum absolute atomic E-state index is 0.0408. The van der Waals surface area contributed by atoms with Crippen molar-refractivity contribution in [2.45, 2.75) is 13.0 Å². The first-order valence-electron chi connectivity index (χ1n) is 7.65. The van der Waals surface area contributed by atoms with Gasteiger partial charge in [-0.2, -0.15) is 4.80 Å². The fourth-order valence-corrected chi connectivity index (χ4v) is 2.46. The number of nitrogens with zero attached hydrogens (tertiary/aromatic N) is 4. The average molecular weight is 360 g/mol. The monoisotopic (exact) mass is 359 g/mol. The van der Waals surface area contributed by atoms with Crippen LogP contribution >= 0.6 is 11.6 Å². The Labute approximate surface area is 148 Å². The number of carbonyl (C=O) groups excluding carboxylic acids is 1. The first-order valence-corrected chi connectivity index (χ1v) is 8.03. The van der Waals surface area contributed by atoms with Gasteiger partial charge in [-0.3, -0.25) is 4.79 Å². The lowest BCUT2D eigenvalue weighted by Gasteiger charge is -2.04. The van der Waals surface area contributed by atoms with E-state index in [9.17, 15) is 9.18 Å². The molecule has 0 fully saturated rings. The molecule has 6 nitrogen and oxygen atoms in total. The van der Waals surface area contributed by atoms with Gasteiger partial charge >= 0.3 is 0 Å². The molecule has 128 valence electrons. The Balaban J connectivity index is 1.52. The van der Waals surface area contributed by atoms with E-state index in [1.807, 2.05) is 12.1 Å². The van der Waals surface area contributed by atoms with Crippen molar-refractivity contribution in [1.29, 1.82) is 0 Å². The molecule has 3 aromatic rings. The molecule has 1 amide bonds. The first-order chi connectivity index (χ1) is 12.1. The van der Waals surface area contributed by atoms with E-state index >= 15 is 0 Å². The summed E-state index contributed by atoms with van der Waals surface area (Å²) in [6, 6.07) is 13.3. The number of amides is 1. The Hall–Kier alpha value is -2.80. The first kappa shape index (κ1) is 17.0. The van der Waals surface area contributed by atoms with Crippen molar-refractivity contribution in [1.82, 2.24) is 25.5 Å². The van der Waals surface area contributed by atoms with Crippen molar-refractivity contribution in [2.24, 2.45) is 0 Å². The number of halogens is 2. The SMILES string of the molecule is O=C(Cn1nnc(-c2ccccc2Cl)n1)NCCc1ccc(F)cc1. The average Bonchev–Trinajstić information content (AvgIpc) is 3.05. The smallest absolute Gasteiger partial charge is 0.243 e. The summed E-state index contributed by atoms with van der Waals surface area (Å²) >= 11 is 6.09. The second-order valence-electron chi connectivity index (χ2n) is 5.35. The van der Waals surface area contributed by atoms with Crippen molar-refractivity contribution in [3.05, 3.63) is 64.9 Å². The quantitative estimate of drug-likeness (QED) is 0.734. The maximum absolute atomic E-state index is 12.8. The van der Waals surface area contributed by atoms with Gasteiger partial charge in [0.25, 0.3) is 0 Å². The molecule has 0 aliphatic heterocycles. The van der Waals surface area contributed by atoms with Crippen molar-refractivity contribution in [2.75, 3.05) is 6.54 Å². The fourth-order valence-electron chi connectivity index (χ4n) is 2.24. The molecule has 0 saturated carbocycles. The third-order valence-electron chi connectivity index (χ3n) is 3.50. The highest BCUT2D eigenvalue weighted by Gasteiger charge is 2.11. The Bertz CT molecular complexity index is 865. The molecule has 0 radical (unpaired) electrons. The lowest BCUT2D eigenvalue weighted by Crippen LogP contribution is -2.30. The van der Waals surface area contributed by atoms with Crippen LogP contribution in [0.1, 0.15) is 5.56 Å². The summed E-state index contributed by atoms with van der Waals surface area (Å²) in [6.07, 6.45) is 0.613. The molecule has 2 aromatic carbocycles. The van der Waals surface area contributed by atoms with Crippen LogP contribution in [0, 0.1) is 5.82 Å². The van der Waals surface area contributed by atoms with Gasteiger partial charge in [-0.15, -0.1) is 10.2 Å². The van der Waals surface area contributed by atoms with Crippen molar-refractivity contribution < 1.29 is 9.18 Å². The predicted molar refractivity (Wildman–Crippen MR) is 91.4 cm³/mol. The molecule has 1 aromatic heterocycles. The van der Waals surface area contributed by atoms with Crippen LogP contribution in [0.25, 0.3) is 11.4 Å². The molecule has 3 rings (SSSR count). The summed E-state index contributed by atoms with van der Waals surface area (Å²) in [5.74, 6) is -0.144. The molecule has 1 heterocycles. The number of tetrazole rings is 1. The number of hydrogen-bond donors (Lipinski definition) is 1. The lowest BCUT2D eigenvalue weighted by atomic mass is 10.1. The summed E-state index contributed by atoms with van der Waals surface area (Å²) in [6.45, 7) is 0.400. The van der Waals surface area contributed by atoms with Crippen molar-refractivity contribution in [3.8, 4) is 11.4 Å². The zero-order chi connectivity index (χ0) is 17.6. The minimum atomic E-state index is -0.278. The van der Waals surface area contributed by atoms with Gasteiger partial charge in [0.1, 0.15) is 12.4 Å². The Morgan fingerprint density at radius 2 is 1.92 bits per heavy atom. The molecule has 25 heavy (non-hydrogen) atoms. The zero-order valence-corrected chi connectivity index (χ0v) is 13.9. The van der Waals surface area contributed by atoms with Gasteiger partial charge < -0.3 is 5.32 Å². The molecule has 0 aliphatic carbocycles. The van der Waals surface area contributed by atoms with E-state index in [0.717, 1.165) is 5.56 Å². The molecule has 8 heteroatoms. The van der Waals surface area contributed by atoms with Gasteiger partial charge in [-0.25, -0.2) is 4.39 Å². The second-order valence-corrected chi connectivity index (χ2v) is 5.76. The van der Waals surface area contributed by atoms with Crippen molar-refractivity contribution >= 4 is 17.5 Å². The number of benzene rings is 2. The summed E-state index contributed by atoms with van der Waals surface area (Å²) < 4.78 is 12.8. The molecule has 0 aliphatic rings. The van der Waals surface area contributed by atoms with Gasteiger partial charge in [0.15, 0.2) is 0 Å². The molecule has 0 saturated heterocycles. The van der Waals surface area contributed by atoms with Gasteiger partial charge in [0.2, 0.25) is 11.7 Å². The van der Waals surface area contributed by atoms with Gasteiger partial charge in [0.05, 0.1) is 5.02 Å². The summed E-state index contributed by atoms with van der Waals surface area (Å²) in [5, 5.41) is 15.2.